The van der Waals surface area contributed by atoms with Gasteiger partial charge in [-0.2, -0.15) is 10.2 Å². The minimum absolute atomic E-state index is 0.0564. The van der Waals surface area contributed by atoms with E-state index in [1.807, 2.05) is 19.9 Å². The van der Waals surface area contributed by atoms with Gasteiger partial charge in [-0.1, -0.05) is 18.2 Å². The van der Waals surface area contributed by atoms with Gasteiger partial charge in [-0.3, -0.25) is 14.3 Å². The molecule has 0 spiro atoms. The number of sulfone groups is 1. The number of aromatic nitrogens is 4. The van der Waals surface area contributed by atoms with Gasteiger partial charge in [0, 0.05) is 30.2 Å². The molecule has 0 aliphatic carbocycles. The molecule has 1 amide bonds. The van der Waals surface area contributed by atoms with E-state index >= 15 is 0 Å². The zero-order valence-corrected chi connectivity index (χ0v) is 18.6. The minimum Gasteiger partial charge on any atom is -0.341 e. The third kappa shape index (κ3) is 4.12. The topological polar surface area (TPSA) is 118 Å². The molecule has 2 aromatic heterocycles. The Kier molecular flexibility index (Phi) is 5.42. The van der Waals surface area contributed by atoms with Crippen molar-refractivity contribution in [3.05, 3.63) is 57.3 Å². The fourth-order valence-corrected chi connectivity index (χ4v) is 5.85. The standard InChI is InChI=1S/C21H25N5O4S/c1-13-18(14(2)26(24-13)15-8-9-31(29,30)12-15)11-25(3)20(27)10-19-16-6-4-5-7-17(16)21(28)23-22-19/h4-7,15H,8-12H2,1-3H3,(H,23,28)/t15-/m0/s1. The number of hydrogen-bond acceptors (Lipinski definition) is 6. The first-order valence-electron chi connectivity index (χ1n) is 10.1. The number of fused-ring (bicyclic) bond motifs is 1. The smallest absolute Gasteiger partial charge is 0.272 e. The first kappa shape index (κ1) is 21.2. The molecule has 1 N–H and O–H groups in total. The minimum atomic E-state index is -3.01. The van der Waals surface area contributed by atoms with E-state index in [2.05, 4.69) is 15.3 Å². The van der Waals surface area contributed by atoms with Crippen molar-refractivity contribution < 1.29 is 13.2 Å². The van der Waals surface area contributed by atoms with Gasteiger partial charge in [0.15, 0.2) is 9.84 Å². The molecule has 4 rings (SSSR count). The van der Waals surface area contributed by atoms with E-state index in [4.69, 9.17) is 0 Å². The number of nitrogens with zero attached hydrogens (tertiary/aromatic N) is 4. The van der Waals surface area contributed by atoms with Crippen molar-refractivity contribution in [3.63, 3.8) is 0 Å². The fraction of sp³-hybridized carbons (Fsp3) is 0.429. The second-order valence-corrected chi connectivity index (χ2v) is 10.4. The quantitative estimate of drug-likeness (QED) is 0.635. The van der Waals surface area contributed by atoms with Crippen molar-refractivity contribution in [1.29, 1.82) is 0 Å². The summed E-state index contributed by atoms with van der Waals surface area (Å²) in [4.78, 5) is 26.5. The average Bonchev–Trinajstić information content (AvgIpc) is 3.23. The van der Waals surface area contributed by atoms with Crippen LogP contribution < -0.4 is 5.56 Å². The van der Waals surface area contributed by atoms with E-state index in [9.17, 15) is 18.0 Å². The molecule has 0 unspecified atom stereocenters. The van der Waals surface area contributed by atoms with Gasteiger partial charge in [0.2, 0.25) is 5.91 Å². The molecular weight excluding hydrogens is 418 g/mol. The van der Waals surface area contributed by atoms with Gasteiger partial charge < -0.3 is 4.90 Å². The maximum Gasteiger partial charge on any atom is 0.272 e. The molecule has 1 aliphatic heterocycles. The second kappa shape index (κ2) is 7.92. The van der Waals surface area contributed by atoms with Crippen LogP contribution in [0.4, 0.5) is 0 Å². The predicted octanol–water partition coefficient (Wildman–Crippen LogP) is 1.30. The highest BCUT2D eigenvalue weighted by Crippen LogP contribution is 2.27. The van der Waals surface area contributed by atoms with Crippen molar-refractivity contribution in [1.82, 2.24) is 24.9 Å². The number of hydrogen-bond donors (Lipinski definition) is 1. The zero-order valence-electron chi connectivity index (χ0n) is 17.8. The molecule has 1 saturated heterocycles. The second-order valence-electron chi connectivity index (χ2n) is 8.12. The molecule has 164 valence electrons. The Bertz CT molecular complexity index is 1330. The number of H-pyrrole nitrogens is 1. The molecule has 0 bridgehead atoms. The van der Waals surface area contributed by atoms with Gasteiger partial charge in [-0.25, -0.2) is 13.5 Å². The van der Waals surface area contributed by atoms with Gasteiger partial charge in [0.25, 0.3) is 5.56 Å². The Hall–Kier alpha value is -3.01. The number of carbonyl (C=O) groups is 1. The highest BCUT2D eigenvalue weighted by Gasteiger charge is 2.31. The lowest BCUT2D eigenvalue weighted by molar-refractivity contribution is -0.129. The monoisotopic (exact) mass is 443 g/mol. The fourth-order valence-electron chi connectivity index (χ4n) is 4.16. The molecule has 10 heteroatoms. The zero-order chi connectivity index (χ0) is 22.3. The predicted molar refractivity (Wildman–Crippen MR) is 117 cm³/mol. The van der Waals surface area contributed by atoms with Crippen LogP contribution in [-0.4, -0.2) is 57.8 Å². The Morgan fingerprint density at radius 2 is 1.97 bits per heavy atom. The lowest BCUT2D eigenvalue weighted by Gasteiger charge is -2.18. The summed E-state index contributed by atoms with van der Waals surface area (Å²) < 4.78 is 25.5. The highest BCUT2D eigenvalue weighted by molar-refractivity contribution is 7.91. The van der Waals surface area contributed by atoms with Gasteiger partial charge in [0.05, 0.1) is 40.7 Å². The molecular formula is C21H25N5O4S. The normalized spacial score (nSPS) is 17.8. The van der Waals surface area contributed by atoms with Crippen LogP contribution in [-0.2, 0) is 27.6 Å². The van der Waals surface area contributed by atoms with E-state index in [0.717, 1.165) is 17.0 Å². The third-order valence-corrected chi connectivity index (χ3v) is 7.69. The lowest BCUT2D eigenvalue weighted by Crippen LogP contribution is -2.29. The van der Waals surface area contributed by atoms with E-state index in [1.165, 1.54) is 0 Å². The number of benzene rings is 1. The summed E-state index contributed by atoms with van der Waals surface area (Å²) in [7, 11) is -1.30. The molecule has 31 heavy (non-hydrogen) atoms. The first-order valence-corrected chi connectivity index (χ1v) is 11.9. The van der Waals surface area contributed by atoms with Crippen molar-refractivity contribution in [2.24, 2.45) is 0 Å². The molecule has 0 radical (unpaired) electrons. The van der Waals surface area contributed by atoms with Gasteiger partial charge >= 0.3 is 0 Å². The number of aryl methyl sites for hydroxylation is 1. The van der Waals surface area contributed by atoms with Crippen LogP contribution in [0.1, 0.15) is 35.1 Å². The number of likely N-dealkylation sites (N-methyl/N-ethyl adjacent to an activating group) is 1. The summed E-state index contributed by atoms with van der Waals surface area (Å²) in [6.45, 7) is 4.14. The largest absolute Gasteiger partial charge is 0.341 e. The Labute approximate surface area is 180 Å². The van der Waals surface area contributed by atoms with Crippen LogP contribution in [0.2, 0.25) is 0 Å². The van der Waals surface area contributed by atoms with E-state index in [1.54, 1.807) is 34.8 Å². The van der Waals surface area contributed by atoms with Crippen molar-refractivity contribution >= 4 is 26.5 Å². The summed E-state index contributed by atoms with van der Waals surface area (Å²) in [5.41, 5.74) is 2.82. The molecule has 0 saturated carbocycles. The first-order chi connectivity index (χ1) is 14.7. The number of aromatic amines is 1. The van der Waals surface area contributed by atoms with Crippen LogP contribution in [0.3, 0.4) is 0 Å². The number of carbonyl (C=O) groups excluding carboxylic acids is 1. The summed E-state index contributed by atoms with van der Waals surface area (Å²) in [6, 6.07) is 6.92. The van der Waals surface area contributed by atoms with Crippen LogP contribution >= 0.6 is 0 Å². The average molecular weight is 444 g/mol. The maximum absolute atomic E-state index is 12.9. The number of amides is 1. The van der Waals surface area contributed by atoms with Crippen LogP contribution in [0.25, 0.3) is 10.8 Å². The molecule has 1 fully saturated rings. The third-order valence-electron chi connectivity index (χ3n) is 5.94. The molecule has 3 aromatic rings. The molecule has 9 nitrogen and oxygen atoms in total. The van der Waals surface area contributed by atoms with Gasteiger partial charge in [0.1, 0.15) is 0 Å². The summed E-state index contributed by atoms with van der Waals surface area (Å²) >= 11 is 0. The van der Waals surface area contributed by atoms with E-state index in [-0.39, 0.29) is 35.4 Å². The molecule has 1 aromatic carbocycles. The molecule has 1 atom stereocenters. The van der Waals surface area contributed by atoms with Crippen molar-refractivity contribution in [2.75, 3.05) is 18.6 Å². The van der Waals surface area contributed by atoms with Gasteiger partial charge in [-0.15, -0.1) is 0 Å². The Balaban J connectivity index is 1.53. The van der Waals surface area contributed by atoms with Crippen molar-refractivity contribution in [2.45, 2.75) is 39.3 Å². The molecule has 1 aliphatic rings. The van der Waals surface area contributed by atoms with E-state index < -0.39 is 9.84 Å². The summed E-state index contributed by atoms with van der Waals surface area (Å²) in [5.74, 6) is 0.150. The Morgan fingerprint density at radius 3 is 2.65 bits per heavy atom. The summed E-state index contributed by atoms with van der Waals surface area (Å²) in [6.07, 6.45) is 0.615. The highest BCUT2D eigenvalue weighted by atomic mass is 32.2. The summed E-state index contributed by atoms with van der Waals surface area (Å²) in [5, 5.41) is 12.3. The van der Waals surface area contributed by atoms with Crippen LogP contribution in [0, 0.1) is 13.8 Å². The van der Waals surface area contributed by atoms with Crippen LogP contribution in [0.15, 0.2) is 29.1 Å². The van der Waals surface area contributed by atoms with Crippen LogP contribution in [0.5, 0.6) is 0 Å². The van der Waals surface area contributed by atoms with Gasteiger partial charge in [-0.05, 0) is 26.3 Å². The SMILES string of the molecule is Cc1nn([C@H]2CCS(=O)(=O)C2)c(C)c1CN(C)C(=O)Cc1n[nH]c(=O)c2ccccc12. The maximum atomic E-state index is 12.9. The Morgan fingerprint density at radius 1 is 1.26 bits per heavy atom. The number of nitrogens with one attached hydrogen (secondary N) is 1. The van der Waals surface area contributed by atoms with Crippen molar-refractivity contribution in [3.8, 4) is 0 Å². The lowest BCUT2D eigenvalue weighted by atomic mass is 10.1. The number of rotatable bonds is 5. The molecule has 3 heterocycles. The van der Waals surface area contributed by atoms with E-state index in [0.29, 0.717) is 29.4 Å².